The van der Waals surface area contributed by atoms with E-state index in [4.69, 9.17) is 5.73 Å². The van der Waals surface area contributed by atoms with Crippen molar-refractivity contribution < 1.29 is 4.79 Å². The number of likely N-dealkylation sites (N-methyl/N-ethyl adjacent to an activating group) is 1. The molecule has 0 aromatic carbocycles. The summed E-state index contributed by atoms with van der Waals surface area (Å²) in [5.41, 5.74) is 6.71. The zero-order chi connectivity index (χ0) is 9.14. The van der Waals surface area contributed by atoms with Gasteiger partial charge in [0.25, 0.3) is 5.91 Å². The largest absolute Gasteiger partial charge is 0.364 e. The summed E-state index contributed by atoms with van der Waals surface area (Å²) < 4.78 is 0. The highest BCUT2D eigenvalue weighted by Gasteiger charge is 2.09. The number of allylic oxidation sites excluding steroid dienone is 4. The minimum Gasteiger partial charge on any atom is -0.364 e. The van der Waals surface area contributed by atoms with Crippen molar-refractivity contribution in [2.45, 2.75) is 6.92 Å². The summed E-state index contributed by atoms with van der Waals surface area (Å²) in [5, 5.41) is 0. The number of nitrogens with two attached hydrogens (primary N) is 1. The molecule has 0 aliphatic carbocycles. The van der Waals surface area contributed by atoms with Gasteiger partial charge in [0.05, 0.1) is 0 Å². The molecule has 3 nitrogen and oxygen atoms in total. The van der Waals surface area contributed by atoms with Gasteiger partial charge in [-0.3, -0.25) is 4.79 Å². The van der Waals surface area contributed by atoms with E-state index in [1.165, 1.54) is 0 Å². The summed E-state index contributed by atoms with van der Waals surface area (Å²) in [7, 11) is 1.79. The molecular formula is C9H12N2O. The minimum atomic E-state index is -0.406. The standard InChI is InChI=1S/C9H12N2O/c1-7-4-3-5-11(2)8(6-7)9(10)12/h3-6H,1-2H3,(H2,10,12). The molecule has 0 saturated heterocycles. The zero-order valence-electron chi connectivity index (χ0n) is 7.24. The Balaban J connectivity index is 3.03. The highest BCUT2D eigenvalue weighted by Crippen LogP contribution is 2.10. The summed E-state index contributed by atoms with van der Waals surface area (Å²) in [6.45, 7) is 1.92. The van der Waals surface area contributed by atoms with Crippen LogP contribution in [-0.4, -0.2) is 17.9 Å². The fourth-order valence-electron chi connectivity index (χ4n) is 1.01. The lowest BCUT2D eigenvalue weighted by Crippen LogP contribution is -2.24. The van der Waals surface area contributed by atoms with E-state index in [0.717, 1.165) is 5.57 Å². The smallest absolute Gasteiger partial charge is 0.265 e. The highest BCUT2D eigenvalue weighted by molar-refractivity contribution is 5.92. The van der Waals surface area contributed by atoms with Gasteiger partial charge < -0.3 is 10.6 Å². The van der Waals surface area contributed by atoms with Gasteiger partial charge in [0.1, 0.15) is 5.70 Å². The van der Waals surface area contributed by atoms with Crippen molar-refractivity contribution in [3.8, 4) is 0 Å². The summed E-state index contributed by atoms with van der Waals surface area (Å²) in [6, 6.07) is 0. The number of carbonyl (C=O) groups is 1. The number of carbonyl (C=O) groups excluding carboxylic acids is 1. The Morgan fingerprint density at radius 2 is 2.25 bits per heavy atom. The van der Waals surface area contributed by atoms with Crippen LogP contribution in [-0.2, 0) is 4.79 Å². The maximum atomic E-state index is 10.9. The quantitative estimate of drug-likeness (QED) is 0.622. The predicted octanol–water partition coefficient (Wildman–Crippen LogP) is 0.761. The molecule has 1 amide bonds. The Labute approximate surface area is 71.8 Å². The minimum absolute atomic E-state index is 0.406. The first-order valence-corrected chi connectivity index (χ1v) is 3.70. The number of primary amides is 1. The Bertz CT molecular complexity index is 287. The molecule has 0 fully saturated rings. The number of nitrogens with zero attached hydrogens (tertiary/aromatic N) is 1. The van der Waals surface area contributed by atoms with E-state index in [1.54, 1.807) is 24.2 Å². The van der Waals surface area contributed by atoms with Crippen molar-refractivity contribution in [1.82, 2.24) is 4.90 Å². The molecule has 1 aliphatic rings. The Morgan fingerprint density at radius 3 is 2.83 bits per heavy atom. The molecule has 0 aromatic rings. The fourth-order valence-corrected chi connectivity index (χ4v) is 1.01. The van der Waals surface area contributed by atoms with Gasteiger partial charge >= 0.3 is 0 Å². The third-order valence-electron chi connectivity index (χ3n) is 1.67. The second kappa shape index (κ2) is 3.26. The van der Waals surface area contributed by atoms with Gasteiger partial charge in [-0.25, -0.2) is 0 Å². The van der Waals surface area contributed by atoms with Gasteiger partial charge in [-0.15, -0.1) is 0 Å². The molecule has 0 unspecified atom stereocenters. The number of hydrogen-bond donors (Lipinski definition) is 1. The number of hydrogen-bond acceptors (Lipinski definition) is 2. The molecule has 0 atom stereocenters. The van der Waals surface area contributed by atoms with Crippen LogP contribution in [0.3, 0.4) is 0 Å². The lowest BCUT2D eigenvalue weighted by Gasteiger charge is -2.13. The molecular weight excluding hydrogens is 152 g/mol. The van der Waals surface area contributed by atoms with Gasteiger partial charge in [0.15, 0.2) is 0 Å². The lowest BCUT2D eigenvalue weighted by molar-refractivity contribution is -0.115. The van der Waals surface area contributed by atoms with E-state index >= 15 is 0 Å². The van der Waals surface area contributed by atoms with Crippen LogP contribution in [0.4, 0.5) is 0 Å². The number of rotatable bonds is 1. The average Bonchev–Trinajstić information content (AvgIpc) is 2.13. The van der Waals surface area contributed by atoms with Crippen molar-refractivity contribution in [3.63, 3.8) is 0 Å². The van der Waals surface area contributed by atoms with Crippen molar-refractivity contribution in [2.24, 2.45) is 5.73 Å². The van der Waals surface area contributed by atoms with Gasteiger partial charge in [0.2, 0.25) is 0 Å². The van der Waals surface area contributed by atoms with Gasteiger partial charge in [-0.05, 0) is 24.6 Å². The Morgan fingerprint density at radius 1 is 1.58 bits per heavy atom. The summed E-state index contributed by atoms with van der Waals surface area (Å²) >= 11 is 0. The Kier molecular flexibility index (Phi) is 2.33. The molecule has 0 bridgehead atoms. The van der Waals surface area contributed by atoms with Gasteiger partial charge in [-0.2, -0.15) is 0 Å². The first kappa shape index (κ1) is 8.59. The van der Waals surface area contributed by atoms with Gasteiger partial charge in [-0.1, -0.05) is 6.08 Å². The van der Waals surface area contributed by atoms with Gasteiger partial charge in [0, 0.05) is 13.2 Å². The van der Waals surface area contributed by atoms with Crippen LogP contribution >= 0.6 is 0 Å². The van der Waals surface area contributed by atoms with Crippen molar-refractivity contribution in [3.05, 3.63) is 35.7 Å². The van der Waals surface area contributed by atoms with E-state index < -0.39 is 5.91 Å². The maximum absolute atomic E-state index is 10.9. The third kappa shape index (κ3) is 1.75. The Hall–Kier alpha value is -1.51. The third-order valence-corrected chi connectivity index (χ3v) is 1.67. The van der Waals surface area contributed by atoms with Crippen LogP contribution in [0.25, 0.3) is 0 Å². The molecule has 0 radical (unpaired) electrons. The lowest BCUT2D eigenvalue weighted by atomic mass is 10.2. The van der Waals surface area contributed by atoms with E-state index in [9.17, 15) is 4.79 Å². The zero-order valence-corrected chi connectivity index (χ0v) is 7.24. The van der Waals surface area contributed by atoms with Crippen LogP contribution in [0.2, 0.25) is 0 Å². The number of amides is 1. The second-order valence-electron chi connectivity index (χ2n) is 2.76. The normalized spacial score (nSPS) is 16.7. The SMILES string of the molecule is CC1=CC=CN(C)C(C(N)=O)=C1. The van der Waals surface area contributed by atoms with Crippen molar-refractivity contribution >= 4 is 5.91 Å². The monoisotopic (exact) mass is 164 g/mol. The van der Waals surface area contributed by atoms with E-state index in [2.05, 4.69) is 0 Å². The van der Waals surface area contributed by atoms with Crippen LogP contribution in [0.5, 0.6) is 0 Å². The molecule has 0 saturated carbocycles. The highest BCUT2D eigenvalue weighted by atomic mass is 16.1. The molecule has 1 aliphatic heterocycles. The fraction of sp³-hybridized carbons (Fsp3) is 0.222. The van der Waals surface area contributed by atoms with Crippen molar-refractivity contribution in [2.75, 3.05) is 7.05 Å². The summed E-state index contributed by atoms with van der Waals surface area (Å²) in [5.74, 6) is -0.406. The summed E-state index contributed by atoms with van der Waals surface area (Å²) in [4.78, 5) is 12.6. The molecule has 1 rings (SSSR count). The van der Waals surface area contributed by atoms with Crippen LogP contribution in [0.1, 0.15) is 6.92 Å². The van der Waals surface area contributed by atoms with E-state index in [0.29, 0.717) is 5.70 Å². The predicted molar refractivity (Wildman–Crippen MR) is 47.9 cm³/mol. The first-order chi connectivity index (χ1) is 5.61. The second-order valence-corrected chi connectivity index (χ2v) is 2.76. The molecule has 0 spiro atoms. The maximum Gasteiger partial charge on any atom is 0.265 e. The topological polar surface area (TPSA) is 46.3 Å². The molecule has 12 heavy (non-hydrogen) atoms. The van der Waals surface area contributed by atoms with E-state index in [-0.39, 0.29) is 0 Å². The molecule has 3 heteroatoms. The van der Waals surface area contributed by atoms with E-state index in [1.807, 2.05) is 19.1 Å². The molecule has 64 valence electrons. The summed E-state index contributed by atoms with van der Waals surface area (Å²) in [6.07, 6.45) is 7.36. The van der Waals surface area contributed by atoms with Crippen molar-refractivity contribution in [1.29, 1.82) is 0 Å². The molecule has 1 heterocycles. The average molecular weight is 164 g/mol. The molecule has 2 N–H and O–H groups in total. The van der Waals surface area contributed by atoms with Crippen LogP contribution in [0.15, 0.2) is 35.7 Å². The first-order valence-electron chi connectivity index (χ1n) is 3.70. The van der Waals surface area contributed by atoms with Crippen LogP contribution in [0, 0.1) is 0 Å². The molecule has 0 aromatic heterocycles. The van der Waals surface area contributed by atoms with Crippen LogP contribution < -0.4 is 5.73 Å².